The topological polar surface area (TPSA) is 88.4 Å². The second-order valence-corrected chi connectivity index (χ2v) is 6.98. The first-order chi connectivity index (χ1) is 13.5. The molecule has 0 atom stereocenters. The summed E-state index contributed by atoms with van der Waals surface area (Å²) in [6.07, 6.45) is 1.44. The van der Waals surface area contributed by atoms with Gasteiger partial charge in [0.25, 0.3) is 5.91 Å². The molecular weight excluding hydrogens is 376 g/mol. The van der Waals surface area contributed by atoms with Gasteiger partial charge >= 0.3 is 0 Å². The van der Waals surface area contributed by atoms with Gasteiger partial charge < -0.3 is 15.1 Å². The van der Waals surface area contributed by atoms with Gasteiger partial charge in [-0.15, -0.1) is 11.8 Å². The van der Waals surface area contributed by atoms with E-state index in [-0.39, 0.29) is 29.1 Å². The Hall–Kier alpha value is -3.32. The second-order valence-electron chi connectivity index (χ2n) is 5.93. The van der Waals surface area contributed by atoms with Gasteiger partial charge in [-0.05, 0) is 61.5 Å². The van der Waals surface area contributed by atoms with E-state index in [1.807, 2.05) is 6.07 Å². The van der Waals surface area contributed by atoms with Gasteiger partial charge in [0.2, 0.25) is 5.91 Å². The monoisotopic (exact) mass is 394 g/mol. The van der Waals surface area contributed by atoms with Crippen LogP contribution in [0.5, 0.6) is 0 Å². The van der Waals surface area contributed by atoms with E-state index in [1.54, 1.807) is 54.6 Å². The summed E-state index contributed by atoms with van der Waals surface area (Å²) in [4.78, 5) is 36.3. The van der Waals surface area contributed by atoms with E-state index in [2.05, 4.69) is 10.6 Å². The van der Waals surface area contributed by atoms with E-state index < -0.39 is 0 Å². The second kappa shape index (κ2) is 9.05. The lowest BCUT2D eigenvalue weighted by Gasteiger charge is -2.08. The maximum Gasteiger partial charge on any atom is 0.291 e. The molecule has 0 spiro atoms. The summed E-state index contributed by atoms with van der Waals surface area (Å²) < 4.78 is 5.06. The van der Waals surface area contributed by atoms with Crippen LogP contribution in [0.4, 0.5) is 11.4 Å². The summed E-state index contributed by atoms with van der Waals surface area (Å²) in [5.41, 5.74) is 1.85. The van der Waals surface area contributed by atoms with Crippen molar-refractivity contribution in [2.24, 2.45) is 0 Å². The smallest absolute Gasteiger partial charge is 0.291 e. The quantitative estimate of drug-likeness (QED) is 0.456. The summed E-state index contributed by atoms with van der Waals surface area (Å²) in [6, 6.07) is 17.2. The molecule has 1 heterocycles. The lowest BCUT2D eigenvalue weighted by molar-refractivity contribution is -0.113. The standard InChI is InChI=1S/C21H18N2O4S/c1-14(24)15-7-9-16(10-8-15)22-20(25)13-28-18-5-2-4-17(12-18)23-21(26)19-6-3-11-27-19/h2-12H,13H2,1H3,(H,22,25)(H,23,26). The Labute approximate surface area is 166 Å². The molecule has 6 nitrogen and oxygen atoms in total. The molecule has 0 fully saturated rings. The van der Waals surface area contributed by atoms with Gasteiger partial charge in [-0.1, -0.05) is 6.07 Å². The molecule has 0 aliphatic carbocycles. The van der Waals surface area contributed by atoms with Crippen LogP contribution in [0.1, 0.15) is 27.8 Å². The van der Waals surface area contributed by atoms with Crippen LogP contribution in [-0.2, 0) is 4.79 Å². The summed E-state index contributed by atoms with van der Waals surface area (Å²) in [5, 5.41) is 5.54. The third-order valence-electron chi connectivity index (χ3n) is 3.78. The molecular formula is C21H18N2O4S. The number of ketones is 1. The van der Waals surface area contributed by atoms with Crippen LogP contribution in [0, 0.1) is 0 Å². The normalized spacial score (nSPS) is 10.3. The third-order valence-corrected chi connectivity index (χ3v) is 4.78. The lowest BCUT2D eigenvalue weighted by Crippen LogP contribution is -2.14. The van der Waals surface area contributed by atoms with E-state index in [0.29, 0.717) is 16.9 Å². The maximum absolute atomic E-state index is 12.1. The average Bonchev–Trinajstić information content (AvgIpc) is 3.22. The van der Waals surface area contributed by atoms with Gasteiger partial charge in [-0.25, -0.2) is 0 Å². The molecule has 3 aromatic rings. The Morgan fingerprint density at radius 2 is 1.71 bits per heavy atom. The van der Waals surface area contributed by atoms with E-state index >= 15 is 0 Å². The molecule has 28 heavy (non-hydrogen) atoms. The highest BCUT2D eigenvalue weighted by Crippen LogP contribution is 2.22. The molecule has 0 bridgehead atoms. The Kier molecular flexibility index (Phi) is 6.29. The van der Waals surface area contributed by atoms with Crippen LogP contribution in [0.15, 0.2) is 76.2 Å². The molecule has 142 valence electrons. The molecule has 1 aromatic heterocycles. The molecule has 3 rings (SSSR count). The van der Waals surface area contributed by atoms with Gasteiger partial charge in [-0.3, -0.25) is 14.4 Å². The zero-order valence-electron chi connectivity index (χ0n) is 15.1. The number of rotatable bonds is 7. The van der Waals surface area contributed by atoms with Crippen LogP contribution in [0.2, 0.25) is 0 Å². The van der Waals surface area contributed by atoms with Crippen LogP contribution in [0.3, 0.4) is 0 Å². The van der Waals surface area contributed by atoms with Crippen molar-refractivity contribution in [2.45, 2.75) is 11.8 Å². The molecule has 0 saturated heterocycles. The number of amides is 2. The number of furan rings is 1. The number of anilines is 2. The number of nitrogens with one attached hydrogen (secondary N) is 2. The van der Waals surface area contributed by atoms with E-state index in [1.165, 1.54) is 24.9 Å². The molecule has 0 saturated carbocycles. The van der Waals surface area contributed by atoms with Crippen molar-refractivity contribution >= 4 is 40.7 Å². The van der Waals surface area contributed by atoms with Crippen molar-refractivity contribution in [3.63, 3.8) is 0 Å². The molecule has 7 heteroatoms. The molecule has 0 aliphatic rings. The third kappa shape index (κ3) is 5.34. The number of thioether (sulfide) groups is 1. The molecule has 0 unspecified atom stereocenters. The predicted octanol–water partition coefficient (Wildman–Crippen LogP) is 4.47. The van der Waals surface area contributed by atoms with Crippen molar-refractivity contribution in [3.05, 3.63) is 78.3 Å². The predicted molar refractivity (Wildman–Crippen MR) is 109 cm³/mol. The zero-order chi connectivity index (χ0) is 19.9. The van der Waals surface area contributed by atoms with Crippen molar-refractivity contribution in [1.29, 1.82) is 0 Å². The van der Waals surface area contributed by atoms with Gasteiger partial charge in [-0.2, -0.15) is 0 Å². The summed E-state index contributed by atoms with van der Waals surface area (Å²) in [6.45, 7) is 1.50. The van der Waals surface area contributed by atoms with Gasteiger partial charge in [0, 0.05) is 21.8 Å². The maximum atomic E-state index is 12.1. The number of carbonyl (C=O) groups is 3. The van der Waals surface area contributed by atoms with Crippen molar-refractivity contribution < 1.29 is 18.8 Å². The number of hydrogen-bond donors (Lipinski definition) is 2. The Balaban J connectivity index is 1.53. The Bertz CT molecular complexity index is 982. The first-order valence-corrected chi connectivity index (χ1v) is 9.48. The fourth-order valence-electron chi connectivity index (χ4n) is 2.40. The molecule has 2 N–H and O–H groups in total. The first-order valence-electron chi connectivity index (χ1n) is 8.50. The first kappa shape index (κ1) is 19.4. The number of hydrogen-bond acceptors (Lipinski definition) is 5. The highest BCUT2D eigenvalue weighted by Gasteiger charge is 2.10. The Morgan fingerprint density at radius 1 is 0.929 bits per heavy atom. The summed E-state index contributed by atoms with van der Waals surface area (Å²) in [7, 11) is 0. The van der Waals surface area contributed by atoms with Crippen LogP contribution >= 0.6 is 11.8 Å². The van der Waals surface area contributed by atoms with Gasteiger partial charge in [0.15, 0.2) is 11.5 Å². The van der Waals surface area contributed by atoms with Gasteiger partial charge in [0.05, 0.1) is 12.0 Å². The number of benzene rings is 2. The highest BCUT2D eigenvalue weighted by atomic mass is 32.2. The fourth-order valence-corrected chi connectivity index (χ4v) is 3.15. The summed E-state index contributed by atoms with van der Waals surface area (Å²) >= 11 is 1.35. The minimum absolute atomic E-state index is 0.0209. The van der Waals surface area contributed by atoms with Gasteiger partial charge in [0.1, 0.15) is 0 Å². The SMILES string of the molecule is CC(=O)c1ccc(NC(=O)CSc2cccc(NC(=O)c3ccco3)c2)cc1. The van der Waals surface area contributed by atoms with Crippen molar-refractivity contribution in [2.75, 3.05) is 16.4 Å². The molecule has 0 aliphatic heterocycles. The minimum Gasteiger partial charge on any atom is -0.459 e. The van der Waals surface area contributed by atoms with Crippen LogP contribution in [0.25, 0.3) is 0 Å². The molecule has 2 amide bonds. The molecule has 0 radical (unpaired) electrons. The number of carbonyl (C=O) groups excluding carboxylic acids is 3. The van der Waals surface area contributed by atoms with E-state index in [9.17, 15) is 14.4 Å². The minimum atomic E-state index is -0.334. The highest BCUT2D eigenvalue weighted by molar-refractivity contribution is 8.00. The number of Topliss-reactive ketones (excluding diaryl/α,β-unsaturated/α-hetero) is 1. The summed E-state index contributed by atoms with van der Waals surface area (Å²) in [5.74, 6) is -0.0745. The lowest BCUT2D eigenvalue weighted by atomic mass is 10.1. The zero-order valence-corrected chi connectivity index (χ0v) is 15.9. The van der Waals surface area contributed by atoms with Crippen LogP contribution < -0.4 is 10.6 Å². The molecule has 2 aromatic carbocycles. The Morgan fingerprint density at radius 3 is 2.39 bits per heavy atom. The van der Waals surface area contributed by atoms with E-state index in [4.69, 9.17) is 4.42 Å². The average molecular weight is 394 g/mol. The van der Waals surface area contributed by atoms with E-state index in [0.717, 1.165) is 4.90 Å². The van der Waals surface area contributed by atoms with Crippen molar-refractivity contribution in [1.82, 2.24) is 0 Å². The van der Waals surface area contributed by atoms with Crippen LogP contribution in [-0.4, -0.2) is 23.4 Å². The largest absolute Gasteiger partial charge is 0.459 e. The van der Waals surface area contributed by atoms with Crippen molar-refractivity contribution in [3.8, 4) is 0 Å². The fraction of sp³-hybridized carbons (Fsp3) is 0.0952.